The molecule has 22 heavy (non-hydrogen) atoms. The monoisotopic (exact) mass is 312 g/mol. The van der Waals surface area contributed by atoms with Crippen LogP contribution in [-0.4, -0.2) is 42.2 Å². The van der Waals surface area contributed by atoms with Gasteiger partial charge in [0.05, 0.1) is 24.0 Å². The van der Waals surface area contributed by atoms with Crippen LogP contribution in [0.4, 0.5) is 18.9 Å². The third-order valence-electron chi connectivity index (χ3n) is 3.92. The Hall–Kier alpha value is -1.81. The zero-order chi connectivity index (χ0) is 16.0. The minimum Gasteiger partial charge on any atom is -0.383 e. The second kappa shape index (κ2) is 7.45. The molecule has 0 bridgehead atoms. The summed E-state index contributed by atoms with van der Waals surface area (Å²) in [5.74, 6) is 0.430. The Morgan fingerprint density at radius 2 is 2.09 bits per heavy atom. The molecular formula is C15H19F3N4. The van der Waals surface area contributed by atoms with E-state index in [4.69, 9.17) is 5.26 Å². The lowest BCUT2D eigenvalue weighted by atomic mass is 9.93. The summed E-state index contributed by atoms with van der Waals surface area (Å²) < 4.78 is 36.9. The summed E-state index contributed by atoms with van der Waals surface area (Å²) in [6, 6.07) is 3.75. The molecular weight excluding hydrogens is 293 g/mol. The van der Waals surface area contributed by atoms with Crippen LogP contribution in [0.1, 0.15) is 24.8 Å². The number of halogens is 3. The second-order valence-corrected chi connectivity index (χ2v) is 5.58. The van der Waals surface area contributed by atoms with E-state index in [1.54, 1.807) is 18.5 Å². The van der Waals surface area contributed by atoms with Gasteiger partial charge in [-0.1, -0.05) is 0 Å². The third kappa shape index (κ3) is 5.19. The minimum atomic E-state index is -4.11. The number of nitriles is 1. The Balaban J connectivity index is 1.70. The van der Waals surface area contributed by atoms with Crippen LogP contribution in [-0.2, 0) is 0 Å². The van der Waals surface area contributed by atoms with Gasteiger partial charge in [-0.3, -0.25) is 9.88 Å². The van der Waals surface area contributed by atoms with Gasteiger partial charge in [-0.25, -0.2) is 0 Å². The summed E-state index contributed by atoms with van der Waals surface area (Å²) in [5.41, 5.74) is 1.26. The van der Waals surface area contributed by atoms with Gasteiger partial charge in [0.2, 0.25) is 0 Å². The molecule has 1 fully saturated rings. The number of anilines is 1. The zero-order valence-corrected chi connectivity index (χ0v) is 12.2. The summed E-state index contributed by atoms with van der Waals surface area (Å²) in [6.07, 6.45) is 1.54. The Morgan fingerprint density at radius 3 is 2.73 bits per heavy atom. The number of rotatable bonds is 5. The summed E-state index contributed by atoms with van der Waals surface area (Å²) >= 11 is 0. The Kier molecular flexibility index (Phi) is 5.61. The Bertz CT molecular complexity index is 516. The summed E-state index contributed by atoms with van der Waals surface area (Å²) in [6.45, 7) is 0.893. The van der Waals surface area contributed by atoms with Gasteiger partial charge in [-0.2, -0.15) is 18.4 Å². The number of aromatic nitrogens is 1. The van der Waals surface area contributed by atoms with Crippen LogP contribution >= 0.6 is 0 Å². The summed E-state index contributed by atoms with van der Waals surface area (Å²) in [4.78, 5) is 5.45. The van der Waals surface area contributed by atoms with Crippen LogP contribution in [0, 0.1) is 17.2 Å². The maximum atomic E-state index is 12.3. The zero-order valence-electron chi connectivity index (χ0n) is 12.2. The molecule has 0 unspecified atom stereocenters. The van der Waals surface area contributed by atoms with E-state index in [1.165, 1.54) is 4.90 Å². The predicted molar refractivity (Wildman–Crippen MR) is 77.3 cm³/mol. The lowest BCUT2D eigenvalue weighted by molar-refractivity contribution is -0.148. The van der Waals surface area contributed by atoms with Gasteiger partial charge < -0.3 is 5.32 Å². The third-order valence-corrected chi connectivity index (χ3v) is 3.92. The molecule has 0 aliphatic carbocycles. The molecule has 1 aliphatic heterocycles. The molecule has 1 aliphatic rings. The summed E-state index contributed by atoms with van der Waals surface area (Å²) in [7, 11) is 0. The molecule has 0 atom stereocenters. The Morgan fingerprint density at radius 1 is 1.36 bits per heavy atom. The van der Waals surface area contributed by atoms with E-state index >= 15 is 0 Å². The van der Waals surface area contributed by atoms with E-state index in [2.05, 4.69) is 16.4 Å². The fraction of sp³-hybridized carbons (Fsp3) is 0.600. The highest BCUT2D eigenvalue weighted by Crippen LogP contribution is 2.24. The lowest BCUT2D eigenvalue weighted by Crippen LogP contribution is -2.40. The average molecular weight is 312 g/mol. The van der Waals surface area contributed by atoms with Crippen LogP contribution in [0.25, 0.3) is 0 Å². The SMILES string of the molecule is N#Cc1ccncc1NCCC1CCN(CC(F)(F)F)CC1. The van der Waals surface area contributed by atoms with Crippen LogP contribution in [0.3, 0.4) is 0 Å². The quantitative estimate of drug-likeness (QED) is 0.908. The molecule has 7 heteroatoms. The molecule has 0 spiro atoms. The normalized spacial score (nSPS) is 17.2. The first-order valence-electron chi connectivity index (χ1n) is 7.35. The van der Waals surface area contributed by atoms with Gasteiger partial charge in [0.25, 0.3) is 0 Å². The molecule has 0 aromatic carbocycles. The van der Waals surface area contributed by atoms with Crippen molar-refractivity contribution in [1.29, 1.82) is 5.26 Å². The fourth-order valence-corrected chi connectivity index (χ4v) is 2.73. The van der Waals surface area contributed by atoms with Crippen molar-refractivity contribution in [2.45, 2.75) is 25.4 Å². The number of likely N-dealkylation sites (tertiary alicyclic amines) is 1. The number of nitrogens with zero attached hydrogens (tertiary/aromatic N) is 3. The fourth-order valence-electron chi connectivity index (χ4n) is 2.73. The first-order chi connectivity index (χ1) is 10.5. The van der Waals surface area contributed by atoms with Crippen LogP contribution < -0.4 is 5.32 Å². The van der Waals surface area contributed by atoms with E-state index in [0.29, 0.717) is 36.8 Å². The van der Waals surface area contributed by atoms with Gasteiger partial charge in [0, 0.05) is 12.7 Å². The van der Waals surface area contributed by atoms with E-state index in [9.17, 15) is 13.2 Å². The predicted octanol–water partition coefficient (Wildman–Crippen LogP) is 3.03. The van der Waals surface area contributed by atoms with E-state index < -0.39 is 12.7 Å². The van der Waals surface area contributed by atoms with Crippen LogP contribution in [0.15, 0.2) is 18.5 Å². The van der Waals surface area contributed by atoms with Crippen molar-refractivity contribution in [1.82, 2.24) is 9.88 Å². The topological polar surface area (TPSA) is 52.0 Å². The molecule has 1 N–H and O–H groups in total. The highest BCUT2D eigenvalue weighted by molar-refractivity contribution is 5.55. The number of hydrogen-bond acceptors (Lipinski definition) is 4. The second-order valence-electron chi connectivity index (χ2n) is 5.58. The lowest BCUT2D eigenvalue weighted by Gasteiger charge is -2.32. The molecule has 2 rings (SSSR count). The van der Waals surface area contributed by atoms with Crippen molar-refractivity contribution in [3.63, 3.8) is 0 Å². The van der Waals surface area contributed by atoms with Gasteiger partial charge in [0.15, 0.2) is 0 Å². The molecule has 120 valence electrons. The van der Waals surface area contributed by atoms with E-state index in [-0.39, 0.29) is 0 Å². The van der Waals surface area contributed by atoms with Crippen molar-refractivity contribution in [2.24, 2.45) is 5.92 Å². The molecule has 1 saturated heterocycles. The van der Waals surface area contributed by atoms with Crippen LogP contribution in [0.5, 0.6) is 0 Å². The molecule has 1 aromatic rings. The standard InChI is InChI=1S/C15H19F3N4/c16-15(17,18)11-22-7-3-12(4-8-22)1-6-21-14-10-20-5-2-13(14)9-19/h2,5,10,12,21H,1,3-4,6-8,11H2. The van der Waals surface area contributed by atoms with Crippen LogP contribution in [0.2, 0.25) is 0 Å². The maximum Gasteiger partial charge on any atom is 0.401 e. The van der Waals surface area contributed by atoms with Crippen molar-refractivity contribution >= 4 is 5.69 Å². The first-order valence-corrected chi connectivity index (χ1v) is 7.35. The van der Waals surface area contributed by atoms with Gasteiger partial charge >= 0.3 is 6.18 Å². The van der Waals surface area contributed by atoms with Gasteiger partial charge in [0.1, 0.15) is 6.07 Å². The minimum absolute atomic E-state index is 0.430. The van der Waals surface area contributed by atoms with Crippen molar-refractivity contribution in [2.75, 3.05) is 31.5 Å². The molecule has 0 saturated carbocycles. The summed E-state index contributed by atoms with van der Waals surface area (Å²) in [5, 5.41) is 12.2. The largest absolute Gasteiger partial charge is 0.401 e. The number of hydrogen-bond donors (Lipinski definition) is 1. The highest BCUT2D eigenvalue weighted by atomic mass is 19.4. The van der Waals surface area contributed by atoms with Crippen molar-refractivity contribution in [3.05, 3.63) is 24.0 Å². The highest BCUT2D eigenvalue weighted by Gasteiger charge is 2.32. The number of nitrogens with one attached hydrogen (secondary N) is 1. The maximum absolute atomic E-state index is 12.3. The smallest absolute Gasteiger partial charge is 0.383 e. The molecule has 4 nitrogen and oxygen atoms in total. The molecule has 2 heterocycles. The Labute approximate surface area is 127 Å². The van der Waals surface area contributed by atoms with Gasteiger partial charge in [-0.15, -0.1) is 0 Å². The molecule has 0 radical (unpaired) electrons. The first kappa shape index (κ1) is 16.6. The van der Waals surface area contributed by atoms with E-state index in [0.717, 1.165) is 19.3 Å². The van der Waals surface area contributed by atoms with Crippen molar-refractivity contribution in [3.8, 4) is 6.07 Å². The molecule has 1 aromatic heterocycles. The van der Waals surface area contributed by atoms with Gasteiger partial charge in [-0.05, 0) is 44.3 Å². The number of piperidine rings is 1. The average Bonchev–Trinajstić information content (AvgIpc) is 2.48. The number of pyridine rings is 1. The number of alkyl halides is 3. The van der Waals surface area contributed by atoms with E-state index in [1.807, 2.05) is 0 Å². The van der Waals surface area contributed by atoms with Crippen molar-refractivity contribution < 1.29 is 13.2 Å². The molecule has 0 amide bonds.